The molecule has 1 fully saturated rings. The van der Waals surface area contributed by atoms with E-state index >= 15 is 0 Å². The number of ether oxygens (including phenoxy) is 1. The van der Waals surface area contributed by atoms with Crippen LogP contribution in [0.1, 0.15) is 25.3 Å². The maximum atomic E-state index is 5.79. The van der Waals surface area contributed by atoms with E-state index in [1.165, 1.54) is 24.1 Å². The van der Waals surface area contributed by atoms with Crippen molar-refractivity contribution in [2.24, 2.45) is 0 Å². The SMILES string of the molecule is CCc1ccc(OC2CC2)cc1N(C)C. The smallest absolute Gasteiger partial charge is 0.121 e. The van der Waals surface area contributed by atoms with Crippen LogP contribution < -0.4 is 9.64 Å². The summed E-state index contributed by atoms with van der Waals surface area (Å²) in [6.07, 6.45) is 3.98. The quantitative estimate of drug-likeness (QED) is 0.749. The van der Waals surface area contributed by atoms with Crippen LogP contribution in [0.25, 0.3) is 0 Å². The Labute approximate surface area is 91.9 Å². The number of aryl methyl sites for hydroxylation is 1. The normalized spacial score (nSPS) is 15.1. The Morgan fingerprint density at radius 2 is 2.07 bits per heavy atom. The summed E-state index contributed by atoms with van der Waals surface area (Å²) in [4.78, 5) is 2.15. The molecular formula is C13H19NO. The summed E-state index contributed by atoms with van der Waals surface area (Å²) in [5.41, 5.74) is 2.65. The molecule has 2 nitrogen and oxygen atoms in total. The van der Waals surface area contributed by atoms with Crippen molar-refractivity contribution < 1.29 is 4.74 Å². The average Bonchev–Trinajstić information content (AvgIpc) is 3.01. The van der Waals surface area contributed by atoms with Gasteiger partial charge in [0.25, 0.3) is 0 Å². The molecule has 1 aliphatic rings. The van der Waals surface area contributed by atoms with Gasteiger partial charge in [0.05, 0.1) is 6.10 Å². The van der Waals surface area contributed by atoms with Crippen molar-refractivity contribution in [3.63, 3.8) is 0 Å². The summed E-state index contributed by atoms with van der Waals surface area (Å²) in [6, 6.07) is 6.41. The highest BCUT2D eigenvalue weighted by atomic mass is 16.5. The Balaban J connectivity index is 2.22. The van der Waals surface area contributed by atoms with Crippen molar-refractivity contribution in [3.05, 3.63) is 23.8 Å². The number of rotatable bonds is 4. The monoisotopic (exact) mass is 205 g/mol. The molecule has 15 heavy (non-hydrogen) atoms. The predicted molar refractivity (Wildman–Crippen MR) is 63.8 cm³/mol. The summed E-state index contributed by atoms with van der Waals surface area (Å²) < 4.78 is 5.79. The van der Waals surface area contributed by atoms with E-state index in [4.69, 9.17) is 4.74 Å². The lowest BCUT2D eigenvalue weighted by Gasteiger charge is -2.18. The first-order chi connectivity index (χ1) is 7.20. The molecule has 0 unspecified atom stereocenters. The van der Waals surface area contributed by atoms with Crippen molar-refractivity contribution in [2.75, 3.05) is 19.0 Å². The van der Waals surface area contributed by atoms with E-state index in [-0.39, 0.29) is 0 Å². The van der Waals surface area contributed by atoms with Crippen LogP contribution in [0.4, 0.5) is 5.69 Å². The maximum absolute atomic E-state index is 5.79. The molecule has 0 radical (unpaired) electrons. The lowest BCUT2D eigenvalue weighted by atomic mass is 10.1. The van der Waals surface area contributed by atoms with Crippen LogP contribution in [-0.2, 0) is 6.42 Å². The first-order valence-electron chi connectivity index (χ1n) is 5.67. The van der Waals surface area contributed by atoms with Gasteiger partial charge >= 0.3 is 0 Å². The van der Waals surface area contributed by atoms with Crippen molar-refractivity contribution in [3.8, 4) is 5.75 Å². The molecule has 0 bridgehead atoms. The molecule has 1 aliphatic carbocycles. The van der Waals surface area contributed by atoms with E-state index in [2.05, 4.69) is 44.1 Å². The second-order valence-electron chi connectivity index (χ2n) is 4.36. The minimum absolute atomic E-state index is 0.479. The van der Waals surface area contributed by atoms with Crippen molar-refractivity contribution in [1.29, 1.82) is 0 Å². The number of hydrogen-bond acceptors (Lipinski definition) is 2. The highest BCUT2D eigenvalue weighted by Crippen LogP contribution is 2.30. The fourth-order valence-corrected chi connectivity index (χ4v) is 1.71. The van der Waals surface area contributed by atoms with Crippen LogP contribution in [-0.4, -0.2) is 20.2 Å². The maximum Gasteiger partial charge on any atom is 0.121 e. The van der Waals surface area contributed by atoms with Gasteiger partial charge < -0.3 is 9.64 Å². The molecule has 0 aromatic heterocycles. The first kappa shape index (κ1) is 10.3. The molecule has 2 rings (SSSR count). The van der Waals surface area contributed by atoms with Crippen molar-refractivity contribution in [1.82, 2.24) is 0 Å². The summed E-state index contributed by atoms with van der Waals surface area (Å²) >= 11 is 0. The number of hydrogen-bond donors (Lipinski definition) is 0. The Kier molecular flexibility index (Phi) is 2.85. The molecule has 0 atom stereocenters. The van der Waals surface area contributed by atoms with E-state index in [1.807, 2.05) is 0 Å². The van der Waals surface area contributed by atoms with Crippen LogP contribution in [0.5, 0.6) is 5.75 Å². The largest absolute Gasteiger partial charge is 0.490 e. The van der Waals surface area contributed by atoms with Gasteiger partial charge in [0.2, 0.25) is 0 Å². The van der Waals surface area contributed by atoms with Crippen LogP contribution in [0.15, 0.2) is 18.2 Å². The third-order valence-electron chi connectivity index (χ3n) is 2.75. The molecule has 0 heterocycles. The highest BCUT2D eigenvalue weighted by Gasteiger charge is 2.23. The van der Waals surface area contributed by atoms with Gasteiger partial charge in [-0.05, 0) is 30.9 Å². The van der Waals surface area contributed by atoms with Gasteiger partial charge in [-0.25, -0.2) is 0 Å². The van der Waals surface area contributed by atoms with Crippen molar-refractivity contribution in [2.45, 2.75) is 32.3 Å². The van der Waals surface area contributed by atoms with Gasteiger partial charge in [0.15, 0.2) is 0 Å². The lowest BCUT2D eigenvalue weighted by molar-refractivity contribution is 0.303. The standard InChI is InChI=1S/C13H19NO/c1-4-10-5-6-12(15-11-7-8-11)9-13(10)14(2)3/h5-6,9,11H,4,7-8H2,1-3H3. The summed E-state index contributed by atoms with van der Waals surface area (Å²) in [5.74, 6) is 1.01. The fourth-order valence-electron chi connectivity index (χ4n) is 1.71. The lowest BCUT2D eigenvalue weighted by Crippen LogP contribution is -2.11. The third kappa shape index (κ3) is 2.44. The predicted octanol–water partition coefficient (Wildman–Crippen LogP) is 2.86. The molecular weight excluding hydrogens is 186 g/mol. The molecule has 1 saturated carbocycles. The van der Waals surface area contributed by atoms with Crippen LogP contribution in [0, 0.1) is 0 Å². The second kappa shape index (κ2) is 4.13. The molecule has 2 heteroatoms. The van der Waals surface area contributed by atoms with E-state index in [0.717, 1.165) is 12.2 Å². The van der Waals surface area contributed by atoms with Gasteiger partial charge in [0.1, 0.15) is 5.75 Å². The van der Waals surface area contributed by atoms with E-state index < -0.39 is 0 Å². The van der Waals surface area contributed by atoms with Gasteiger partial charge in [0, 0.05) is 25.8 Å². The molecule has 1 aromatic rings. The molecule has 0 N–H and O–H groups in total. The van der Waals surface area contributed by atoms with E-state index in [9.17, 15) is 0 Å². The molecule has 82 valence electrons. The Morgan fingerprint density at radius 3 is 2.60 bits per heavy atom. The summed E-state index contributed by atoms with van der Waals surface area (Å²) in [5, 5.41) is 0. The minimum Gasteiger partial charge on any atom is -0.490 e. The van der Waals surface area contributed by atoms with Crippen LogP contribution in [0.2, 0.25) is 0 Å². The topological polar surface area (TPSA) is 12.5 Å². The number of benzene rings is 1. The van der Waals surface area contributed by atoms with E-state index in [0.29, 0.717) is 6.10 Å². The first-order valence-corrected chi connectivity index (χ1v) is 5.67. The Hall–Kier alpha value is -1.18. The summed E-state index contributed by atoms with van der Waals surface area (Å²) in [6.45, 7) is 2.18. The van der Waals surface area contributed by atoms with Crippen LogP contribution >= 0.6 is 0 Å². The number of anilines is 1. The van der Waals surface area contributed by atoms with Gasteiger partial charge in [-0.15, -0.1) is 0 Å². The minimum atomic E-state index is 0.479. The zero-order chi connectivity index (χ0) is 10.8. The molecule has 0 spiro atoms. The zero-order valence-corrected chi connectivity index (χ0v) is 9.79. The van der Waals surface area contributed by atoms with E-state index in [1.54, 1.807) is 0 Å². The second-order valence-corrected chi connectivity index (χ2v) is 4.36. The molecule has 0 saturated heterocycles. The summed E-state index contributed by atoms with van der Waals surface area (Å²) in [7, 11) is 4.16. The van der Waals surface area contributed by atoms with Crippen LogP contribution in [0.3, 0.4) is 0 Å². The molecule has 0 aliphatic heterocycles. The van der Waals surface area contributed by atoms with Gasteiger partial charge in [-0.3, -0.25) is 0 Å². The fraction of sp³-hybridized carbons (Fsp3) is 0.538. The molecule has 1 aromatic carbocycles. The zero-order valence-electron chi connectivity index (χ0n) is 9.79. The van der Waals surface area contributed by atoms with Gasteiger partial charge in [-0.2, -0.15) is 0 Å². The molecule has 0 amide bonds. The van der Waals surface area contributed by atoms with Crippen molar-refractivity contribution >= 4 is 5.69 Å². The Bertz CT molecular complexity index is 342. The number of nitrogens with zero attached hydrogens (tertiary/aromatic N) is 1. The average molecular weight is 205 g/mol. The third-order valence-corrected chi connectivity index (χ3v) is 2.75. The Morgan fingerprint density at radius 1 is 1.33 bits per heavy atom. The highest BCUT2D eigenvalue weighted by molar-refractivity contribution is 5.56. The van der Waals surface area contributed by atoms with Gasteiger partial charge in [-0.1, -0.05) is 13.0 Å².